The molecule has 23 nitrogen and oxygen atoms in total. The van der Waals surface area contributed by atoms with E-state index in [1.807, 2.05) is 0 Å². The monoisotopic (exact) mass is 935 g/mol. The maximum Gasteiger partial charge on any atom is 0.330 e. The van der Waals surface area contributed by atoms with Gasteiger partial charge in [0.1, 0.15) is 96.6 Å². The highest BCUT2D eigenvalue weighted by molar-refractivity contribution is 5.87. The smallest absolute Gasteiger partial charge is 0.330 e. The Labute approximate surface area is 374 Å². The van der Waals surface area contributed by atoms with Crippen LogP contribution in [0.5, 0.6) is 34.5 Å². The van der Waals surface area contributed by atoms with Crippen molar-refractivity contribution in [1.29, 1.82) is 0 Å². The first-order chi connectivity index (χ1) is 31.5. The molecule has 0 radical (unpaired) electrons. The Morgan fingerprint density at radius 2 is 1.29 bits per heavy atom. The number of carbonyl (C=O) groups is 1. The van der Waals surface area contributed by atoms with Crippen LogP contribution < -0.4 is 9.47 Å². The topological polar surface area (TPSA) is 367 Å². The molecule has 0 amide bonds. The summed E-state index contributed by atoms with van der Waals surface area (Å²) in [6.45, 7) is -2.33. The molecule has 3 fully saturated rings. The fourth-order valence-corrected chi connectivity index (χ4v) is 7.58. The molecular formula is C43H51O23+. The number of fused-ring (bicyclic) bond motifs is 1. The van der Waals surface area contributed by atoms with Crippen LogP contribution in [-0.4, -0.2) is 196 Å². The second kappa shape index (κ2) is 20.7. The lowest BCUT2D eigenvalue weighted by Gasteiger charge is -2.46. The molecule has 0 aromatic heterocycles. The Bertz CT molecular complexity index is 2200. The van der Waals surface area contributed by atoms with Crippen LogP contribution in [0.4, 0.5) is 0 Å². The minimum atomic E-state index is -2.03. The van der Waals surface area contributed by atoms with Crippen molar-refractivity contribution in [2.24, 2.45) is 0 Å². The summed E-state index contributed by atoms with van der Waals surface area (Å²) in [5.74, 6) is -1.78. The van der Waals surface area contributed by atoms with Crippen LogP contribution in [0, 0.1) is 0 Å². The van der Waals surface area contributed by atoms with Gasteiger partial charge in [0.2, 0.25) is 12.6 Å². The zero-order chi connectivity index (χ0) is 47.6. The van der Waals surface area contributed by atoms with E-state index in [0.717, 1.165) is 12.1 Å². The van der Waals surface area contributed by atoms with Crippen LogP contribution in [0.15, 0.2) is 66.4 Å². The molecule has 23 heteroatoms. The number of esters is 1. The predicted molar refractivity (Wildman–Crippen MR) is 218 cm³/mol. The van der Waals surface area contributed by atoms with Crippen LogP contribution in [0.3, 0.4) is 0 Å². The van der Waals surface area contributed by atoms with Gasteiger partial charge in [0.15, 0.2) is 29.7 Å². The van der Waals surface area contributed by atoms with Crippen molar-refractivity contribution in [3.8, 4) is 34.5 Å². The third-order valence-electron chi connectivity index (χ3n) is 11.3. The standard InChI is InChI=1S/C43H50O23/c1-58-25-10-17(2-8-22(25)48)3-9-30(49)59-16-29-33(52)36(55)40(66-42-38(57)35(54)32(51)28(15-45)64-42)43(65-29)62-26-13-21-23(60-39(26)18-4-6-19(46)7-5-18)11-20(47)12-24(21)61-41-37(56)34(53)31(50)27(14-44)63-41/h2-13,27-29,31-48,50-57H,14-16H2,1H3/p+1/b9-3+/t27-,28-,29+,31-,32-,33-,34+,35+,36+,37-,38-,39?,40+,41-,42+,43-/m1/s1. The predicted octanol–water partition coefficient (Wildman–Crippen LogP) is -2.77. The number of hydrogen-bond donors (Lipinski definition) is 13. The van der Waals surface area contributed by atoms with Crippen molar-refractivity contribution in [3.63, 3.8) is 0 Å². The van der Waals surface area contributed by atoms with Gasteiger partial charge in [-0.1, -0.05) is 6.07 Å². The average molecular weight is 936 g/mol. The molecule has 0 bridgehead atoms. The summed E-state index contributed by atoms with van der Waals surface area (Å²) in [7, 11) is 1.34. The molecule has 0 saturated carbocycles. The lowest BCUT2D eigenvalue weighted by Crippen LogP contribution is -2.64. The van der Waals surface area contributed by atoms with E-state index in [9.17, 15) is 71.2 Å². The number of hydrogen-bond acceptors (Lipinski definition) is 22. The van der Waals surface area contributed by atoms with E-state index < -0.39 is 130 Å². The Kier molecular flexibility index (Phi) is 15.2. The van der Waals surface area contributed by atoms with Crippen molar-refractivity contribution < 1.29 is 114 Å². The maximum absolute atomic E-state index is 12.9. The van der Waals surface area contributed by atoms with Gasteiger partial charge in [0, 0.05) is 18.2 Å². The van der Waals surface area contributed by atoms with Crippen molar-refractivity contribution >= 4 is 18.1 Å². The number of phenolic OH excluding ortho intramolecular Hbond substituents is 3. The summed E-state index contributed by atoms with van der Waals surface area (Å²) in [5.41, 5.74) is 0.845. The molecule has 3 aromatic carbocycles. The third-order valence-corrected chi connectivity index (χ3v) is 11.3. The second-order valence-corrected chi connectivity index (χ2v) is 15.7. The number of ether oxygens (including phenoxy) is 9. The molecule has 3 aromatic rings. The van der Waals surface area contributed by atoms with E-state index in [2.05, 4.69) is 0 Å². The average Bonchev–Trinajstić information content (AvgIpc) is 3.30. The van der Waals surface area contributed by atoms with E-state index in [1.54, 1.807) is 0 Å². The van der Waals surface area contributed by atoms with Gasteiger partial charge in [-0.05, 0) is 48.0 Å². The molecule has 7 rings (SSSR count). The quantitative estimate of drug-likeness (QED) is 0.0442. The van der Waals surface area contributed by atoms with Gasteiger partial charge in [-0.2, -0.15) is 0 Å². The highest BCUT2D eigenvalue weighted by atomic mass is 16.8. The zero-order valence-corrected chi connectivity index (χ0v) is 34.7. The van der Waals surface area contributed by atoms with E-state index in [0.29, 0.717) is 11.1 Å². The molecule has 4 heterocycles. The minimum absolute atomic E-state index is 0.0427. The molecule has 3 saturated heterocycles. The van der Waals surface area contributed by atoms with Gasteiger partial charge in [0.05, 0.1) is 32.0 Å². The fraction of sp³-hybridized carbons (Fsp3) is 0.465. The summed E-state index contributed by atoms with van der Waals surface area (Å²) >= 11 is 0. The first-order valence-electron chi connectivity index (χ1n) is 20.4. The normalized spacial score (nSPS) is 34.4. The van der Waals surface area contributed by atoms with E-state index in [1.165, 1.54) is 67.8 Å². The first kappa shape index (κ1) is 48.6. The number of methoxy groups -OCH3 is 1. The van der Waals surface area contributed by atoms with Gasteiger partial charge in [0.25, 0.3) is 11.9 Å². The van der Waals surface area contributed by atoms with Gasteiger partial charge >= 0.3 is 5.97 Å². The molecule has 14 N–H and O–H groups in total. The molecule has 66 heavy (non-hydrogen) atoms. The molecule has 0 aliphatic carbocycles. The molecule has 360 valence electrons. The highest BCUT2D eigenvalue weighted by Gasteiger charge is 2.53. The molecule has 4 aliphatic rings. The molecular weight excluding hydrogens is 884 g/mol. The lowest BCUT2D eigenvalue weighted by molar-refractivity contribution is -0.364. The summed E-state index contributed by atoms with van der Waals surface area (Å²) < 4.78 is 50.6. The minimum Gasteiger partial charge on any atom is -0.571 e. The number of rotatable bonds is 14. The maximum atomic E-state index is 12.9. The van der Waals surface area contributed by atoms with Crippen molar-refractivity contribution in [2.75, 3.05) is 26.9 Å². The Morgan fingerprint density at radius 1 is 0.667 bits per heavy atom. The summed E-state index contributed by atoms with van der Waals surface area (Å²) in [6.07, 6.45) is -24.3. The van der Waals surface area contributed by atoms with Gasteiger partial charge < -0.3 is 109 Å². The summed E-state index contributed by atoms with van der Waals surface area (Å²) in [5, 5.41) is 137. The van der Waals surface area contributed by atoms with E-state index >= 15 is 0 Å². The number of aliphatic hydroxyl groups excluding tert-OH is 10. The highest BCUT2D eigenvalue weighted by Crippen LogP contribution is 2.47. The largest absolute Gasteiger partial charge is 0.571 e. The molecule has 16 atom stereocenters. The second-order valence-electron chi connectivity index (χ2n) is 15.7. The van der Waals surface area contributed by atoms with Gasteiger partial charge in [-0.15, -0.1) is 0 Å². The van der Waals surface area contributed by atoms with Gasteiger partial charge in [-0.3, -0.25) is 0 Å². The SMILES string of the molecule is COc1cc(/C=C/C(=O)OC[C@@H]2O[C@@H](OC3=Cc4c(O[C@@H]5O[C@H](CO)[C@@H](O)[C@H](O)[C@H]5O)cc(O)cc4[OH+]C3c3ccc(O)cc3)[C@@H](O[C@@H]3O[C@H](CO)[C@@H](O)[C@H](O)[C@H]3O)[C@@H](O)[C@@H]2O)ccc1O. The summed E-state index contributed by atoms with van der Waals surface area (Å²) in [4.78, 5) is 12.9. The van der Waals surface area contributed by atoms with Crippen molar-refractivity contribution in [3.05, 3.63) is 83.1 Å². The summed E-state index contributed by atoms with van der Waals surface area (Å²) in [6, 6.07) is 12.3. The number of phenols is 3. The Morgan fingerprint density at radius 3 is 1.94 bits per heavy atom. The Balaban J connectivity index is 1.23. The van der Waals surface area contributed by atoms with Crippen LogP contribution in [-0.2, 0) is 33.2 Å². The van der Waals surface area contributed by atoms with Crippen LogP contribution in [0.25, 0.3) is 12.2 Å². The lowest BCUT2D eigenvalue weighted by atomic mass is 9.97. The molecule has 0 spiro atoms. The van der Waals surface area contributed by atoms with E-state index in [-0.39, 0.29) is 40.1 Å². The molecule has 1 unspecified atom stereocenters. The van der Waals surface area contributed by atoms with Crippen LogP contribution in [0.2, 0.25) is 0 Å². The van der Waals surface area contributed by atoms with Crippen LogP contribution >= 0.6 is 0 Å². The van der Waals surface area contributed by atoms with Crippen LogP contribution in [0.1, 0.15) is 22.8 Å². The number of carbonyl (C=O) groups excluding carboxylic acids is 1. The number of aliphatic hydroxyl groups is 11. The zero-order valence-electron chi connectivity index (χ0n) is 34.7. The van der Waals surface area contributed by atoms with E-state index in [4.69, 9.17) is 42.6 Å². The third kappa shape index (κ3) is 10.3. The molecule has 4 aliphatic heterocycles. The van der Waals surface area contributed by atoms with Crippen molar-refractivity contribution in [1.82, 2.24) is 0 Å². The fourth-order valence-electron chi connectivity index (χ4n) is 7.58. The number of aromatic hydroxyl groups is 4. The number of benzene rings is 3. The van der Waals surface area contributed by atoms with Crippen molar-refractivity contribution in [2.45, 2.75) is 98.2 Å². The first-order valence-corrected chi connectivity index (χ1v) is 20.4. The van der Waals surface area contributed by atoms with Gasteiger partial charge in [-0.25, -0.2) is 4.79 Å². The Hall–Kier alpha value is -5.35.